The first-order valence-corrected chi connectivity index (χ1v) is 9.39. The summed E-state index contributed by atoms with van der Waals surface area (Å²) in [5, 5.41) is 4.94. The largest absolute Gasteiger partial charge is 0.310 e. The van der Waals surface area contributed by atoms with E-state index < -0.39 is 10.0 Å². The number of rotatable bonds is 7. The Balaban J connectivity index is 1.98. The van der Waals surface area contributed by atoms with E-state index in [-0.39, 0.29) is 6.54 Å². The van der Waals surface area contributed by atoms with Crippen molar-refractivity contribution in [3.05, 3.63) is 32.9 Å². The first-order chi connectivity index (χ1) is 9.47. The summed E-state index contributed by atoms with van der Waals surface area (Å²) in [5.74, 6) is 0. The Morgan fingerprint density at radius 3 is 2.70 bits per heavy atom. The van der Waals surface area contributed by atoms with E-state index >= 15 is 0 Å². The van der Waals surface area contributed by atoms with Gasteiger partial charge in [0, 0.05) is 40.5 Å². The molecule has 0 unspecified atom stereocenters. The zero-order valence-corrected chi connectivity index (χ0v) is 13.7. The number of sulfonamides is 1. The minimum atomic E-state index is -3.44. The van der Waals surface area contributed by atoms with Gasteiger partial charge in [-0.15, -0.1) is 22.7 Å². The van der Waals surface area contributed by atoms with Gasteiger partial charge in [0.05, 0.1) is 10.4 Å². The number of aromatic nitrogens is 1. The summed E-state index contributed by atoms with van der Waals surface area (Å²) in [4.78, 5) is 6.15. The van der Waals surface area contributed by atoms with Crippen molar-refractivity contribution in [1.82, 2.24) is 15.0 Å². The number of thiophene rings is 1. The molecule has 0 fully saturated rings. The molecule has 2 aromatic heterocycles. The van der Waals surface area contributed by atoms with E-state index in [1.165, 1.54) is 22.7 Å². The fraction of sp³-hybridized carbons (Fsp3) is 0.417. The topological polar surface area (TPSA) is 71.1 Å². The predicted molar refractivity (Wildman–Crippen MR) is 82.4 cm³/mol. The third-order valence-electron chi connectivity index (χ3n) is 2.54. The SMILES string of the molecule is CC(C)NCc1cc(S(=O)(=O)NCc2cncs2)cs1. The summed E-state index contributed by atoms with van der Waals surface area (Å²) in [6.07, 6.45) is 1.67. The van der Waals surface area contributed by atoms with Crippen LogP contribution in [0.5, 0.6) is 0 Å². The highest BCUT2D eigenvalue weighted by Crippen LogP contribution is 2.19. The summed E-state index contributed by atoms with van der Waals surface area (Å²) < 4.78 is 26.9. The second kappa shape index (κ2) is 6.77. The third-order valence-corrected chi connectivity index (χ3v) is 5.79. The molecule has 0 bridgehead atoms. The van der Waals surface area contributed by atoms with Crippen molar-refractivity contribution in [1.29, 1.82) is 0 Å². The lowest BCUT2D eigenvalue weighted by Gasteiger charge is -2.05. The standard InChI is InChI=1S/C12H17N3O2S3/c1-9(2)14-5-10-3-12(7-18-10)20(16,17)15-6-11-4-13-8-19-11/h3-4,7-9,14-15H,5-6H2,1-2H3. The van der Waals surface area contributed by atoms with Gasteiger partial charge < -0.3 is 5.32 Å². The highest BCUT2D eigenvalue weighted by atomic mass is 32.2. The Morgan fingerprint density at radius 2 is 2.05 bits per heavy atom. The zero-order valence-electron chi connectivity index (χ0n) is 11.3. The molecule has 2 N–H and O–H groups in total. The molecule has 2 heterocycles. The van der Waals surface area contributed by atoms with Gasteiger partial charge in [0.25, 0.3) is 0 Å². The molecule has 0 spiro atoms. The van der Waals surface area contributed by atoms with Crippen molar-refractivity contribution < 1.29 is 8.42 Å². The van der Waals surface area contributed by atoms with E-state index in [9.17, 15) is 8.42 Å². The van der Waals surface area contributed by atoms with E-state index in [1.807, 2.05) is 0 Å². The molecule has 0 saturated heterocycles. The fourth-order valence-electron chi connectivity index (χ4n) is 1.48. The normalized spacial score (nSPS) is 12.2. The summed E-state index contributed by atoms with van der Waals surface area (Å²) in [5.41, 5.74) is 1.68. The number of nitrogens with one attached hydrogen (secondary N) is 2. The molecule has 5 nitrogen and oxygen atoms in total. The molecule has 0 aliphatic carbocycles. The van der Waals surface area contributed by atoms with E-state index in [4.69, 9.17) is 0 Å². The second-order valence-electron chi connectivity index (χ2n) is 4.58. The molecule has 0 aliphatic rings. The lowest BCUT2D eigenvalue weighted by Crippen LogP contribution is -2.22. The average molecular weight is 331 g/mol. The number of hydrogen-bond donors (Lipinski definition) is 2. The Morgan fingerprint density at radius 1 is 1.25 bits per heavy atom. The maximum atomic E-state index is 12.1. The van der Waals surface area contributed by atoms with Crippen LogP contribution in [0.3, 0.4) is 0 Å². The van der Waals surface area contributed by atoms with Crippen molar-refractivity contribution in [2.45, 2.75) is 37.9 Å². The third kappa shape index (κ3) is 4.35. The highest BCUT2D eigenvalue weighted by molar-refractivity contribution is 7.89. The first kappa shape index (κ1) is 15.6. The van der Waals surface area contributed by atoms with Gasteiger partial charge >= 0.3 is 0 Å². The van der Waals surface area contributed by atoms with Crippen molar-refractivity contribution >= 4 is 32.7 Å². The summed E-state index contributed by atoms with van der Waals surface area (Å²) in [7, 11) is -3.44. The lowest BCUT2D eigenvalue weighted by atomic mass is 10.4. The van der Waals surface area contributed by atoms with E-state index in [2.05, 4.69) is 28.9 Å². The van der Waals surface area contributed by atoms with Crippen LogP contribution in [-0.4, -0.2) is 19.4 Å². The van der Waals surface area contributed by atoms with Gasteiger partial charge in [0.1, 0.15) is 0 Å². The first-order valence-electron chi connectivity index (χ1n) is 6.15. The van der Waals surface area contributed by atoms with Crippen LogP contribution in [0.25, 0.3) is 0 Å². The average Bonchev–Trinajstić information content (AvgIpc) is 3.05. The smallest absolute Gasteiger partial charge is 0.241 e. The number of thiazole rings is 1. The van der Waals surface area contributed by atoms with Gasteiger partial charge in [0.2, 0.25) is 10.0 Å². The van der Waals surface area contributed by atoms with Gasteiger partial charge in [-0.1, -0.05) is 13.8 Å². The van der Waals surface area contributed by atoms with Crippen molar-refractivity contribution in [2.24, 2.45) is 0 Å². The van der Waals surface area contributed by atoms with Gasteiger partial charge in [-0.3, -0.25) is 4.98 Å². The van der Waals surface area contributed by atoms with Crippen LogP contribution in [0.1, 0.15) is 23.6 Å². The minimum absolute atomic E-state index is 0.280. The van der Waals surface area contributed by atoms with Gasteiger partial charge in [0.15, 0.2) is 0 Å². The maximum absolute atomic E-state index is 12.1. The van der Waals surface area contributed by atoms with Crippen molar-refractivity contribution in [3.8, 4) is 0 Å². The van der Waals surface area contributed by atoms with Crippen LogP contribution >= 0.6 is 22.7 Å². The maximum Gasteiger partial charge on any atom is 0.241 e. The summed E-state index contributed by atoms with van der Waals surface area (Å²) in [6.45, 7) is 5.08. The molecule has 110 valence electrons. The van der Waals surface area contributed by atoms with Crippen LogP contribution in [0.4, 0.5) is 0 Å². The number of nitrogens with zero attached hydrogens (tertiary/aromatic N) is 1. The van der Waals surface area contributed by atoms with Gasteiger partial charge in [-0.25, -0.2) is 13.1 Å². The Hall–Kier alpha value is -0.800. The van der Waals surface area contributed by atoms with E-state index in [0.717, 1.165) is 9.75 Å². The quantitative estimate of drug-likeness (QED) is 0.816. The molecule has 0 saturated carbocycles. The van der Waals surface area contributed by atoms with Crippen LogP contribution in [-0.2, 0) is 23.1 Å². The van der Waals surface area contributed by atoms with Crippen LogP contribution in [0.15, 0.2) is 28.0 Å². The highest BCUT2D eigenvalue weighted by Gasteiger charge is 2.16. The monoisotopic (exact) mass is 331 g/mol. The molecular weight excluding hydrogens is 314 g/mol. The molecule has 0 aliphatic heterocycles. The molecule has 8 heteroatoms. The van der Waals surface area contributed by atoms with Crippen LogP contribution < -0.4 is 10.0 Å². The Labute approximate surface area is 127 Å². The fourth-order valence-corrected chi connectivity index (χ4v) is 4.34. The van der Waals surface area contributed by atoms with E-state index in [0.29, 0.717) is 17.5 Å². The van der Waals surface area contributed by atoms with Gasteiger partial charge in [-0.2, -0.15) is 0 Å². The minimum Gasteiger partial charge on any atom is -0.310 e. The predicted octanol–water partition coefficient (Wildman–Crippen LogP) is 2.18. The van der Waals surface area contributed by atoms with Gasteiger partial charge in [-0.05, 0) is 6.07 Å². The molecule has 2 aromatic rings. The summed E-state index contributed by atoms with van der Waals surface area (Å²) in [6, 6.07) is 2.09. The molecular formula is C12H17N3O2S3. The molecule has 2 rings (SSSR count). The van der Waals surface area contributed by atoms with Crippen molar-refractivity contribution in [2.75, 3.05) is 0 Å². The van der Waals surface area contributed by atoms with Crippen LogP contribution in [0, 0.1) is 0 Å². The second-order valence-corrected chi connectivity index (χ2v) is 8.31. The summed E-state index contributed by atoms with van der Waals surface area (Å²) >= 11 is 2.88. The molecule has 0 amide bonds. The Bertz CT molecular complexity index is 633. The van der Waals surface area contributed by atoms with Crippen molar-refractivity contribution in [3.63, 3.8) is 0 Å². The molecule has 0 aromatic carbocycles. The molecule has 0 radical (unpaired) electrons. The van der Waals surface area contributed by atoms with E-state index in [1.54, 1.807) is 23.2 Å². The zero-order chi connectivity index (χ0) is 14.6. The number of hydrogen-bond acceptors (Lipinski definition) is 6. The van der Waals surface area contributed by atoms with Crippen LogP contribution in [0.2, 0.25) is 0 Å². The molecule has 0 atom stereocenters. The lowest BCUT2D eigenvalue weighted by molar-refractivity contribution is 0.581. The Kier molecular flexibility index (Phi) is 5.28. The molecule has 20 heavy (non-hydrogen) atoms.